The number of piperidine rings is 1. The fourth-order valence-electron chi connectivity index (χ4n) is 4.75. The summed E-state index contributed by atoms with van der Waals surface area (Å²) in [7, 11) is 0. The van der Waals surface area contributed by atoms with Crippen molar-refractivity contribution in [2.24, 2.45) is 0 Å². The molecule has 2 aromatic carbocycles. The van der Waals surface area contributed by atoms with Crippen LogP contribution in [0.25, 0.3) is 0 Å². The molecule has 12 heteroatoms. The molecule has 2 fully saturated rings. The number of amides is 2. The predicted octanol–water partition coefficient (Wildman–Crippen LogP) is 4.44. The van der Waals surface area contributed by atoms with Crippen LogP contribution in [0.15, 0.2) is 54.6 Å². The molecular weight excluding hydrogens is 527 g/mol. The lowest BCUT2D eigenvalue weighted by atomic mass is 9.99. The van der Waals surface area contributed by atoms with Crippen molar-refractivity contribution in [3.8, 4) is 0 Å². The summed E-state index contributed by atoms with van der Waals surface area (Å²) in [5.41, 5.74) is 0.388. The van der Waals surface area contributed by atoms with Crippen molar-refractivity contribution in [2.75, 3.05) is 44.3 Å². The quantitative estimate of drug-likeness (QED) is 0.402. The number of benzene rings is 2. The molecule has 1 atom stereocenters. The summed E-state index contributed by atoms with van der Waals surface area (Å²) in [6.07, 6.45) is -5.62. The molecule has 38 heavy (non-hydrogen) atoms. The smallest absolute Gasteiger partial charge is 0.379 e. The number of ether oxygens (including phenoxy) is 2. The highest BCUT2D eigenvalue weighted by atomic mass is 35.5. The van der Waals surface area contributed by atoms with Gasteiger partial charge in [-0.1, -0.05) is 41.9 Å². The van der Waals surface area contributed by atoms with E-state index in [4.69, 9.17) is 16.3 Å². The first-order chi connectivity index (χ1) is 18.1. The number of anilines is 1. The molecule has 0 N–H and O–H groups in total. The highest BCUT2D eigenvalue weighted by Crippen LogP contribution is 2.33. The van der Waals surface area contributed by atoms with E-state index < -0.39 is 30.2 Å². The van der Waals surface area contributed by atoms with E-state index >= 15 is 0 Å². The summed E-state index contributed by atoms with van der Waals surface area (Å²) in [5, 5.41) is 0.307. The van der Waals surface area contributed by atoms with E-state index in [1.165, 1.54) is 24.3 Å². The van der Waals surface area contributed by atoms with Crippen LogP contribution in [-0.2, 0) is 19.1 Å². The second kappa shape index (κ2) is 12.1. The molecule has 1 unspecified atom stereocenters. The first kappa shape index (κ1) is 27.9. The number of halogens is 4. The Morgan fingerprint density at radius 3 is 2.13 bits per heavy atom. The van der Waals surface area contributed by atoms with Gasteiger partial charge < -0.3 is 14.4 Å². The van der Waals surface area contributed by atoms with Gasteiger partial charge >= 0.3 is 18.2 Å². The lowest BCUT2D eigenvalue weighted by Gasteiger charge is -2.41. The van der Waals surface area contributed by atoms with Crippen LogP contribution in [0.1, 0.15) is 24.4 Å². The second-order valence-electron chi connectivity index (χ2n) is 9.02. The number of carbonyl (C=O) groups is 3. The minimum absolute atomic E-state index is 0.0415. The van der Waals surface area contributed by atoms with Crippen LogP contribution in [0.3, 0.4) is 0 Å². The van der Waals surface area contributed by atoms with Gasteiger partial charge in [-0.3, -0.25) is 14.6 Å². The molecule has 2 aromatic rings. The Balaban J connectivity index is 1.64. The lowest BCUT2D eigenvalue weighted by Crippen LogP contribution is -2.53. The van der Waals surface area contributed by atoms with Crippen molar-refractivity contribution in [3.63, 3.8) is 0 Å². The first-order valence-corrected chi connectivity index (χ1v) is 12.6. The molecule has 8 nitrogen and oxygen atoms in total. The maximum absolute atomic E-state index is 14.0. The molecule has 0 aliphatic carbocycles. The molecule has 0 radical (unpaired) electrons. The number of likely N-dealkylation sites (tertiary alicyclic amines) is 1. The van der Waals surface area contributed by atoms with Crippen molar-refractivity contribution in [1.29, 1.82) is 0 Å². The van der Waals surface area contributed by atoms with E-state index in [1.54, 1.807) is 35.2 Å². The predicted molar refractivity (Wildman–Crippen MR) is 133 cm³/mol. The normalized spacial score (nSPS) is 18.1. The van der Waals surface area contributed by atoms with Crippen molar-refractivity contribution in [1.82, 2.24) is 9.80 Å². The molecule has 2 aliphatic heterocycles. The van der Waals surface area contributed by atoms with E-state index in [9.17, 15) is 27.6 Å². The molecule has 0 aromatic heterocycles. The van der Waals surface area contributed by atoms with Crippen LogP contribution in [0.4, 0.5) is 23.7 Å². The first-order valence-electron chi connectivity index (χ1n) is 12.2. The Morgan fingerprint density at radius 1 is 0.947 bits per heavy atom. The lowest BCUT2D eigenvalue weighted by molar-refractivity contribution is -0.192. The maximum Gasteiger partial charge on any atom is 0.491 e. The molecule has 0 spiro atoms. The third kappa shape index (κ3) is 6.64. The van der Waals surface area contributed by atoms with Crippen LogP contribution >= 0.6 is 11.6 Å². The Labute approximate surface area is 222 Å². The molecule has 2 aliphatic rings. The van der Waals surface area contributed by atoms with E-state index in [0.717, 1.165) is 18.0 Å². The molecule has 4 rings (SSSR count). The summed E-state index contributed by atoms with van der Waals surface area (Å²) in [6.45, 7) is 3.74. The third-order valence-corrected chi connectivity index (χ3v) is 6.91. The third-order valence-electron chi connectivity index (χ3n) is 6.66. The van der Waals surface area contributed by atoms with Crippen LogP contribution in [0, 0.1) is 0 Å². The second-order valence-corrected chi connectivity index (χ2v) is 9.45. The van der Waals surface area contributed by atoms with Crippen LogP contribution in [-0.4, -0.2) is 79.4 Å². The number of carbonyl (C=O) groups excluding carboxylic acids is 3. The van der Waals surface area contributed by atoms with Gasteiger partial charge in [0, 0.05) is 42.9 Å². The molecule has 0 saturated carbocycles. The van der Waals surface area contributed by atoms with E-state index in [1.807, 2.05) is 0 Å². The zero-order valence-electron chi connectivity index (χ0n) is 20.4. The highest BCUT2D eigenvalue weighted by molar-refractivity contribution is 6.30. The Hall–Kier alpha value is -3.15. The number of esters is 1. The summed E-state index contributed by atoms with van der Waals surface area (Å²) >= 11 is 5.97. The maximum atomic E-state index is 14.0. The fourth-order valence-corrected chi connectivity index (χ4v) is 4.88. The molecule has 204 valence electrons. The summed E-state index contributed by atoms with van der Waals surface area (Å²) < 4.78 is 48.4. The van der Waals surface area contributed by atoms with Gasteiger partial charge in [-0.25, -0.2) is 9.59 Å². The van der Waals surface area contributed by atoms with Gasteiger partial charge in [0.15, 0.2) is 0 Å². The SMILES string of the molecule is O=C(C(c1ccccc1)N(C(=O)OC(=O)C(F)(F)F)c1ccc(Cl)cc1)N1CCC(N2CCOCC2)CC1. The summed E-state index contributed by atoms with van der Waals surface area (Å²) in [4.78, 5) is 43.3. The Kier molecular flexibility index (Phi) is 8.91. The summed E-state index contributed by atoms with van der Waals surface area (Å²) in [5.74, 6) is -3.17. The van der Waals surface area contributed by atoms with Crippen LogP contribution < -0.4 is 4.90 Å². The van der Waals surface area contributed by atoms with Gasteiger partial charge in [0.25, 0.3) is 5.91 Å². The van der Waals surface area contributed by atoms with Gasteiger partial charge in [0.05, 0.1) is 13.2 Å². The average molecular weight is 554 g/mol. The number of hydrogen-bond donors (Lipinski definition) is 0. The number of nitrogens with zero attached hydrogens (tertiary/aromatic N) is 3. The number of hydrogen-bond acceptors (Lipinski definition) is 6. The number of rotatable bonds is 5. The van der Waals surface area contributed by atoms with E-state index in [0.29, 0.717) is 49.7 Å². The topological polar surface area (TPSA) is 79.4 Å². The van der Waals surface area contributed by atoms with Gasteiger partial charge in [-0.2, -0.15) is 13.2 Å². The van der Waals surface area contributed by atoms with Gasteiger partial charge in [-0.05, 0) is 42.7 Å². The zero-order chi connectivity index (χ0) is 27.3. The van der Waals surface area contributed by atoms with Crippen LogP contribution in [0.5, 0.6) is 0 Å². The molecule has 2 amide bonds. The van der Waals surface area contributed by atoms with Gasteiger partial charge in [0.1, 0.15) is 6.04 Å². The highest BCUT2D eigenvalue weighted by Gasteiger charge is 2.45. The average Bonchev–Trinajstić information content (AvgIpc) is 2.92. The fraction of sp³-hybridized carbons (Fsp3) is 0.423. The van der Waals surface area contributed by atoms with Crippen molar-refractivity contribution >= 4 is 35.3 Å². The molecule has 2 saturated heterocycles. The molecule has 0 bridgehead atoms. The monoisotopic (exact) mass is 553 g/mol. The van der Waals surface area contributed by atoms with Crippen molar-refractivity contribution in [2.45, 2.75) is 31.1 Å². The minimum Gasteiger partial charge on any atom is -0.379 e. The zero-order valence-corrected chi connectivity index (χ0v) is 21.2. The van der Waals surface area contributed by atoms with Crippen LogP contribution in [0.2, 0.25) is 5.02 Å². The van der Waals surface area contributed by atoms with Gasteiger partial charge in [0.2, 0.25) is 0 Å². The van der Waals surface area contributed by atoms with Crippen molar-refractivity contribution in [3.05, 3.63) is 65.2 Å². The minimum atomic E-state index is -5.39. The number of alkyl halides is 3. The van der Waals surface area contributed by atoms with E-state index in [-0.39, 0.29) is 11.7 Å². The standard InChI is InChI=1S/C26H27ClF3N3O5/c27-19-6-8-21(9-7-19)33(25(36)38-24(35)26(28,29)30)22(18-4-2-1-3-5-18)23(34)32-12-10-20(11-13-32)31-14-16-37-17-15-31/h1-9,20,22H,10-17H2. The van der Waals surface area contributed by atoms with E-state index in [2.05, 4.69) is 9.64 Å². The molecular formula is C26H27ClF3N3O5. The molecule has 2 heterocycles. The Bertz CT molecular complexity index is 1120. The van der Waals surface area contributed by atoms with Gasteiger partial charge in [-0.15, -0.1) is 0 Å². The Morgan fingerprint density at radius 2 is 1.55 bits per heavy atom. The largest absolute Gasteiger partial charge is 0.491 e. The van der Waals surface area contributed by atoms with Crippen molar-refractivity contribution < 1.29 is 37.0 Å². The number of morpholine rings is 1. The summed E-state index contributed by atoms with van der Waals surface area (Å²) in [6, 6.07) is 12.6.